The Morgan fingerprint density at radius 2 is 2.04 bits per heavy atom. The van der Waals surface area contributed by atoms with Crippen LogP contribution >= 0.6 is 0 Å². The molecule has 3 fully saturated rings. The third-order valence-corrected chi connectivity index (χ3v) is 5.81. The van der Waals surface area contributed by atoms with E-state index >= 15 is 0 Å². The number of rotatable bonds is 2. The summed E-state index contributed by atoms with van der Waals surface area (Å²) in [5.41, 5.74) is 2.44. The van der Waals surface area contributed by atoms with Crippen LogP contribution in [-0.2, 0) is 14.4 Å². The highest BCUT2D eigenvalue weighted by molar-refractivity contribution is 5.74. The third kappa shape index (κ3) is 3.26. The van der Waals surface area contributed by atoms with Gasteiger partial charge in [-0.05, 0) is 24.1 Å². The molecule has 3 heterocycles. The molecule has 3 aliphatic heterocycles. The molecule has 4 rings (SSSR count). The second-order valence-corrected chi connectivity index (χ2v) is 7.29. The molecule has 3 saturated heterocycles. The number of hydroxylamine groups is 2. The van der Waals surface area contributed by atoms with E-state index in [-0.39, 0.29) is 11.9 Å². The van der Waals surface area contributed by atoms with Crippen LogP contribution in [0.3, 0.4) is 0 Å². The zero-order valence-electron chi connectivity index (χ0n) is 15.1. The maximum atomic E-state index is 12.3. The molecule has 0 N–H and O–H groups in total. The van der Waals surface area contributed by atoms with Gasteiger partial charge in [0, 0.05) is 51.3 Å². The summed E-state index contributed by atoms with van der Waals surface area (Å²) in [6.45, 7) is 6.57. The lowest BCUT2D eigenvalue weighted by molar-refractivity contribution is -0.137. The lowest BCUT2D eigenvalue weighted by Gasteiger charge is -2.42. The van der Waals surface area contributed by atoms with Gasteiger partial charge < -0.3 is 14.5 Å². The van der Waals surface area contributed by atoms with Crippen molar-refractivity contribution in [3.05, 3.63) is 29.8 Å². The quantitative estimate of drug-likeness (QED) is 0.816. The summed E-state index contributed by atoms with van der Waals surface area (Å²) in [6, 6.07) is 9.17. The Hall–Kier alpha value is -1.63. The number of benzene rings is 1. The highest BCUT2D eigenvalue weighted by Gasteiger charge is 2.43. The molecular formula is C19H27N3O3. The van der Waals surface area contributed by atoms with Crippen molar-refractivity contribution in [3.8, 4) is 0 Å². The molecule has 25 heavy (non-hydrogen) atoms. The van der Waals surface area contributed by atoms with E-state index in [4.69, 9.17) is 9.57 Å². The standard InChI is InChI=1S/C19H27N3O3/c1-14(23)22-12-16-13-25-20(2)18(16)11-19(22)15-4-3-5-17(10-15)21-6-8-24-9-7-21/h3-5,10,16,18-19H,6-9,11-13H2,1-2H3/t16-,18-,19-/m0/s1. The second-order valence-electron chi connectivity index (χ2n) is 7.29. The number of hydrogen-bond donors (Lipinski definition) is 0. The number of fused-ring (bicyclic) bond motifs is 1. The fraction of sp³-hybridized carbons (Fsp3) is 0.632. The zero-order valence-corrected chi connectivity index (χ0v) is 15.1. The van der Waals surface area contributed by atoms with Gasteiger partial charge >= 0.3 is 0 Å². The maximum Gasteiger partial charge on any atom is 0.219 e. The van der Waals surface area contributed by atoms with Gasteiger partial charge in [-0.3, -0.25) is 9.63 Å². The Kier molecular flexibility index (Phi) is 4.67. The Balaban J connectivity index is 1.60. The summed E-state index contributed by atoms with van der Waals surface area (Å²) in [5.74, 6) is 0.558. The van der Waals surface area contributed by atoms with E-state index in [1.54, 1.807) is 6.92 Å². The van der Waals surface area contributed by atoms with E-state index in [9.17, 15) is 4.79 Å². The molecule has 1 amide bonds. The summed E-state index contributed by atoms with van der Waals surface area (Å²) in [7, 11) is 2.01. The molecule has 0 aliphatic carbocycles. The van der Waals surface area contributed by atoms with Gasteiger partial charge in [0.15, 0.2) is 0 Å². The summed E-state index contributed by atoms with van der Waals surface area (Å²) in [6.07, 6.45) is 0.924. The molecule has 136 valence electrons. The van der Waals surface area contributed by atoms with Crippen LogP contribution < -0.4 is 4.90 Å². The molecule has 6 nitrogen and oxygen atoms in total. The van der Waals surface area contributed by atoms with Crippen LogP contribution in [0, 0.1) is 5.92 Å². The third-order valence-electron chi connectivity index (χ3n) is 5.81. The zero-order chi connectivity index (χ0) is 17.4. The van der Waals surface area contributed by atoms with Crippen LogP contribution in [0.1, 0.15) is 24.9 Å². The molecule has 3 atom stereocenters. The Bertz CT molecular complexity index is 632. The number of carbonyl (C=O) groups is 1. The van der Waals surface area contributed by atoms with E-state index in [0.717, 1.165) is 39.3 Å². The van der Waals surface area contributed by atoms with Crippen molar-refractivity contribution in [2.45, 2.75) is 25.4 Å². The van der Waals surface area contributed by atoms with Gasteiger partial charge in [0.25, 0.3) is 0 Å². The molecule has 0 saturated carbocycles. The van der Waals surface area contributed by atoms with Crippen molar-refractivity contribution in [2.75, 3.05) is 51.4 Å². The largest absolute Gasteiger partial charge is 0.378 e. The number of anilines is 1. The van der Waals surface area contributed by atoms with Crippen molar-refractivity contribution < 1.29 is 14.4 Å². The predicted octanol–water partition coefficient (Wildman–Crippen LogP) is 1.68. The smallest absolute Gasteiger partial charge is 0.219 e. The second kappa shape index (κ2) is 6.94. The van der Waals surface area contributed by atoms with Gasteiger partial charge in [0.2, 0.25) is 5.91 Å². The number of hydrogen-bond acceptors (Lipinski definition) is 5. The number of piperidine rings is 1. The first-order valence-electron chi connectivity index (χ1n) is 9.19. The molecule has 0 unspecified atom stereocenters. The molecule has 0 aromatic heterocycles. The molecule has 1 aromatic carbocycles. The number of likely N-dealkylation sites (tertiary alicyclic amines) is 1. The van der Waals surface area contributed by atoms with Crippen LogP contribution in [0.4, 0.5) is 5.69 Å². The van der Waals surface area contributed by atoms with Gasteiger partial charge in [0.1, 0.15) is 0 Å². The van der Waals surface area contributed by atoms with Crippen LogP contribution in [0.25, 0.3) is 0 Å². The average molecular weight is 345 g/mol. The van der Waals surface area contributed by atoms with E-state index in [1.807, 2.05) is 17.0 Å². The van der Waals surface area contributed by atoms with E-state index in [1.165, 1.54) is 11.3 Å². The Morgan fingerprint density at radius 1 is 1.24 bits per heavy atom. The topological polar surface area (TPSA) is 45.2 Å². The van der Waals surface area contributed by atoms with Crippen LogP contribution in [0.2, 0.25) is 0 Å². The number of ether oxygens (including phenoxy) is 1. The normalized spacial score (nSPS) is 30.4. The summed E-state index contributed by atoms with van der Waals surface area (Å²) in [4.78, 5) is 22.4. The van der Waals surface area contributed by atoms with Crippen molar-refractivity contribution >= 4 is 11.6 Å². The highest BCUT2D eigenvalue weighted by Crippen LogP contribution is 2.39. The molecule has 0 spiro atoms. The summed E-state index contributed by atoms with van der Waals surface area (Å²) < 4.78 is 5.46. The van der Waals surface area contributed by atoms with Gasteiger partial charge in [0.05, 0.1) is 25.9 Å². The van der Waals surface area contributed by atoms with Gasteiger partial charge in [-0.1, -0.05) is 12.1 Å². The molecule has 6 heteroatoms. The Morgan fingerprint density at radius 3 is 2.80 bits per heavy atom. The average Bonchev–Trinajstić information content (AvgIpc) is 3.02. The van der Waals surface area contributed by atoms with E-state index in [0.29, 0.717) is 18.6 Å². The highest BCUT2D eigenvalue weighted by atomic mass is 16.7. The van der Waals surface area contributed by atoms with Gasteiger partial charge in [-0.15, -0.1) is 0 Å². The fourth-order valence-corrected chi connectivity index (χ4v) is 4.38. The molecular weight excluding hydrogens is 318 g/mol. The van der Waals surface area contributed by atoms with Crippen molar-refractivity contribution in [3.63, 3.8) is 0 Å². The van der Waals surface area contributed by atoms with E-state index < -0.39 is 0 Å². The Labute approximate surface area is 149 Å². The van der Waals surface area contributed by atoms with Gasteiger partial charge in [-0.2, -0.15) is 5.06 Å². The van der Waals surface area contributed by atoms with Crippen molar-refractivity contribution in [1.82, 2.24) is 9.96 Å². The maximum absolute atomic E-state index is 12.3. The molecule has 1 aromatic rings. The predicted molar refractivity (Wildman–Crippen MR) is 95.2 cm³/mol. The SMILES string of the molecule is CC(=O)N1C[C@H]2CON(C)[C@H]2C[C@H]1c1cccc(N2CCOCC2)c1. The number of morpholine rings is 1. The monoisotopic (exact) mass is 345 g/mol. The van der Waals surface area contributed by atoms with E-state index in [2.05, 4.69) is 29.2 Å². The van der Waals surface area contributed by atoms with Crippen LogP contribution in [0.15, 0.2) is 24.3 Å². The minimum Gasteiger partial charge on any atom is -0.378 e. The summed E-state index contributed by atoms with van der Waals surface area (Å²) >= 11 is 0. The van der Waals surface area contributed by atoms with Crippen molar-refractivity contribution in [1.29, 1.82) is 0 Å². The van der Waals surface area contributed by atoms with Crippen LogP contribution in [0.5, 0.6) is 0 Å². The number of amides is 1. The molecule has 3 aliphatic rings. The first kappa shape index (κ1) is 16.8. The number of carbonyl (C=O) groups excluding carboxylic acids is 1. The minimum absolute atomic E-state index is 0.115. The first-order valence-corrected chi connectivity index (χ1v) is 9.19. The molecule has 0 radical (unpaired) electrons. The van der Waals surface area contributed by atoms with Gasteiger partial charge in [-0.25, -0.2) is 0 Å². The van der Waals surface area contributed by atoms with Crippen molar-refractivity contribution in [2.24, 2.45) is 5.92 Å². The van der Waals surface area contributed by atoms with Crippen LogP contribution in [-0.4, -0.2) is 68.4 Å². The molecule has 0 bridgehead atoms. The fourth-order valence-electron chi connectivity index (χ4n) is 4.38. The minimum atomic E-state index is 0.115. The summed E-state index contributed by atoms with van der Waals surface area (Å²) in [5, 5.41) is 1.99. The lowest BCUT2D eigenvalue weighted by atomic mass is 9.85. The first-order chi connectivity index (χ1) is 12.1. The lowest BCUT2D eigenvalue weighted by Crippen LogP contribution is -2.48. The number of nitrogens with zero attached hydrogens (tertiary/aromatic N) is 3.